The summed E-state index contributed by atoms with van der Waals surface area (Å²) in [6.07, 6.45) is -3.12. The Hall–Kier alpha value is -2.55. The quantitative estimate of drug-likeness (QED) is 0.796. The van der Waals surface area contributed by atoms with Gasteiger partial charge in [-0.1, -0.05) is 6.07 Å². The molecule has 0 bridgehead atoms. The Kier molecular flexibility index (Phi) is 4.18. The van der Waals surface area contributed by atoms with E-state index in [0.717, 1.165) is 35.2 Å². The highest BCUT2D eigenvalue weighted by atomic mass is 32.2. The zero-order chi connectivity index (χ0) is 20.3. The van der Waals surface area contributed by atoms with Crippen LogP contribution in [0.15, 0.2) is 30.5 Å². The van der Waals surface area contributed by atoms with Crippen molar-refractivity contribution in [1.29, 1.82) is 0 Å². The Morgan fingerprint density at radius 1 is 1.21 bits per heavy atom. The molecule has 2 amide bonds. The van der Waals surface area contributed by atoms with E-state index in [0.29, 0.717) is 12.2 Å². The Morgan fingerprint density at radius 3 is 2.54 bits per heavy atom. The second-order valence-corrected chi connectivity index (χ2v) is 8.26. The van der Waals surface area contributed by atoms with Gasteiger partial charge in [-0.3, -0.25) is 14.9 Å². The van der Waals surface area contributed by atoms with Crippen LogP contribution in [0.5, 0.6) is 11.6 Å². The van der Waals surface area contributed by atoms with Crippen LogP contribution in [-0.4, -0.2) is 20.9 Å². The van der Waals surface area contributed by atoms with Crippen molar-refractivity contribution in [3.63, 3.8) is 0 Å². The number of carbonyl (C=O) groups is 2. The maximum atomic E-state index is 12.8. The summed E-state index contributed by atoms with van der Waals surface area (Å²) < 4.78 is 43.2. The smallest absolute Gasteiger partial charge is 0.417 e. The first kappa shape index (κ1) is 18.8. The highest BCUT2D eigenvalue weighted by Crippen LogP contribution is 2.63. The van der Waals surface area contributed by atoms with Crippen LogP contribution in [0.4, 0.5) is 18.0 Å². The third-order valence-electron chi connectivity index (χ3n) is 4.97. The molecule has 9 heteroatoms. The molecule has 1 aliphatic heterocycles. The molecule has 1 N–H and O–H groups in total. The van der Waals surface area contributed by atoms with Crippen LogP contribution in [0.25, 0.3) is 0 Å². The van der Waals surface area contributed by atoms with E-state index in [9.17, 15) is 22.8 Å². The van der Waals surface area contributed by atoms with Gasteiger partial charge in [0.2, 0.25) is 11.8 Å². The molecule has 1 unspecified atom stereocenters. The fourth-order valence-electron chi connectivity index (χ4n) is 3.44. The molecule has 1 aromatic heterocycles. The summed E-state index contributed by atoms with van der Waals surface area (Å²) in [7, 11) is 0. The lowest BCUT2D eigenvalue weighted by Gasteiger charge is -2.13. The van der Waals surface area contributed by atoms with Crippen molar-refractivity contribution in [2.45, 2.75) is 37.1 Å². The van der Waals surface area contributed by atoms with E-state index in [2.05, 4.69) is 10.3 Å². The summed E-state index contributed by atoms with van der Waals surface area (Å²) in [6.45, 7) is 3.36. The van der Waals surface area contributed by atoms with Crippen molar-refractivity contribution in [2.24, 2.45) is 0 Å². The van der Waals surface area contributed by atoms with Crippen LogP contribution in [0.1, 0.15) is 34.6 Å². The highest BCUT2D eigenvalue weighted by molar-refractivity contribution is 8.16. The second kappa shape index (κ2) is 6.23. The average Bonchev–Trinajstić information content (AvgIpc) is 3.22. The van der Waals surface area contributed by atoms with Gasteiger partial charge in [-0.2, -0.15) is 13.2 Å². The lowest BCUT2D eigenvalue weighted by atomic mass is 10.0. The topological polar surface area (TPSA) is 68.3 Å². The number of alkyl halides is 3. The molecule has 1 spiro atoms. The van der Waals surface area contributed by atoms with Crippen molar-refractivity contribution in [1.82, 2.24) is 10.3 Å². The number of benzene rings is 1. The van der Waals surface area contributed by atoms with E-state index in [4.69, 9.17) is 4.74 Å². The number of hydrogen-bond acceptors (Lipinski definition) is 5. The fourth-order valence-corrected chi connectivity index (χ4v) is 4.58. The van der Waals surface area contributed by atoms with E-state index in [1.807, 2.05) is 13.0 Å². The minimum Gasteiger partial charge on any atom is -0.439 e. The van der Waals surface area contributed by atoms with Gasteiger partial charge in [0.15, 0.2) is 0 Å². The molecular weight excluding hydrogens is 393 g/mol. The summed E-state index contributed by atoms with van der Waals surface area (Å²) in [5.41, 5.74) is 1.26. The number of halogens is 3. The van der Waals surface area contributed by atoms with Crippen molar-refractivity contribution >= 4 is 22.9 Å². The number of rotatable bonds is 3. The summed E-state index contributed by atoms with van der Waals surface area (Å²) >= 11 is 1.03. The first-order valence-corrected chi connectivity index (χ1v) is 9.28. The molecular formula is C19H15F3N2O3S. The van der Waals surface area contributed by atoms with Gasteiger partial charge in [-0.25, -0.2) is 4.98 Å². The van der Waals surface area contributed by atoms with E-state index in [1.165, 1.54) is 6.92 Å². The summed E-state index contributed by atoms with van der Waals surface area (Å²) in [5.74, 6) is 0.228. The molecule has 146 valence electrons. The molecule has 1 aliphatic carbocycles. The number of nitrogens with one attached hydrogen (secondary N) is 1. The van der Waals surface area contributed by atoms with Crippen LogP contribution >= 0.6 is 11.8 Å². The third-order valence-corrected chi connectivity index (χ3v) is 6.26. The molecule has 2 heterocycles. The van der Waals surface area contributed by atoms with Gasteiger partial charge >= 0.3 is 6.18 Å². The number of aryl methyl sites for hydroxylation is 2. The van der Waals surface area contributed by atoms with Gasteiger partial charge in [-0.05, 0) is 61.4 Å². The van der Waals surface area contributed by atoms with Gasteiger partial charge < -0.3 is 4.74 Å². The molecule has 2 fully saturated rings. The van der Waals surface area contributed by atoms with E-state index >= 15 is 0 Å². The number of ether oxygens (including phenoxy) is 1. The molecule has 0 radical (unpaired) electrons. The first-order valence-electron chi connectivity index (χ1n) is 8.47. The van der Waals surface area contributed by atoms with Crippen molar-refractivity contribution in [2.75, 3.05) is 0 Å². The predicted molar refractivity (Wildman–Crippen MR) is 96.4 cm³/mol. The second-order valence-electron chi connectivity index (χ2n) is 6.95. The number of imide groups is 1. The Balaban J connectivity index is 1.53. The Labute approximate surface area is 162 Å². The van der Waals surface area contributed by atoms with Gasteiger partial charge in [-0.15, -0.1) is 0 Å². The standard InChI is InChI=1S/C19H15F3N2O3S/c1-9-6-12(27-15-10(2)5-11(8-23-15)19(20,21)22)3-4-13(9)14-7-18(14)16(25)24-17(26)28-18/h3-6,8,14H,7H2,1-2H3,(H,24,25,26)/t14?,18-/m1/s1. The summed E-state index contributed by atoms with van der Waals surface area (Å²) in [5, 5.41) is 2.00. The van der Waals surface area contributed by atoms with E-state index in [1.54, 1.807) is 12.1 Å². The maximum Gasteiger partial charge on any atom is 0.417 e. The number of nitrogens with zero attached hydrogens (tertiary/aromatic N) is 1. The number of pyridine rings is 1. The third kappa shape index (κ3) is 3.13. The fraction of sp³-hybridized carbons (Fsp3) is 0.316. The minimum absolute atomic E-state index is 0.0519. The zero-order valence-corrected chi connectivity index (χ0v) is 15.7. The molecule has 4 rings (SSSR count). The number of thioether (sulfide) groups is 1. The van der Waals surface area contributed by atoms with Gasteiger partial charge in [0.1, 0.15) is 10.5 Å². The Morgan fingerprint density at radius 2 is 1.96 bits per heavy atom. The van der Waals surface area contributed by atoms with Crippen molar-refractivity contribution < 1.29 is 27.5 Å². The van der Waals surface area contributed by atoms with Gasteiger partial charge in [0.05, 0.1) is 5.56 Å². The first-order chi connectivity index (χ1) is 13.1. The summed E-state index contributed by atoms with van der Waals surface area (Å²) in [6, 6.07) is 6.25. The van der Waals surface area contributed by atoms with E-state index < -0.39 is 16.5 Å². The minimum atomic E-state index is -4.46. The van der Waals surface area contributed by atoms with Crippen LogP contribution < -0.4 is 10.1 Å². The largest absolute Gasteiger partial charge is 0.439 e. The average molecular weight is 408 g/mol. The highest BCUT2D eigenvalue weighted by Gasteiger charge is 2.66. The number of aromatic nitrogens is 1. The Bertz CT molecular complexity index is 1010. The predicted octanol–water partition coefficient (Wildman–Crippen LogP) is 4.72. The van der Waals surface area contributed by atoms with Crippen LogP contribution in [0.3, 0.4) is 0 Å². The van der Waals surface area contributed by atoms with Crippen molar-refractivity contribution in [3.8, 4) is 11.6 Å². The van der Waals surface area contributed by atoms with Crippen LogP contribution in [-0.2, 0) is 11.0 Å². The molecule has 2 aliphatic rings. The molecule has 1 saturated heterocycles. The number of carbonyl (C=O) groups excluding carboxylic acids is 2. The number of hydrogen-bond donors (Lipinski definition) is 1. The molecule has 1 saturated carbocycles. The van der Waals surface area contributed by atoms with E-state index in [-0.39, 0.29) is 28.5 Å². The molecule has 28 heavy (non-hydrogen) atoms. The lowest BCUT2D eigenvalue weighted by Crippen LogP contribution is -2.26. The van der Waals surface area contributed by atoms with Crippen LogP contribution in [0, 0.1) is 13.8 Å². The lowest BCUT2D eigenvalue weighted by molar-refractivity contribution is -0.137. The monoisotopic (exact) mass is 408 g/mol. The SMILES string of the molecule is Cc1cc(Oc2ncc(C(F)(F)F)cc2C)ccc1C1C[C@@]12SC(=O)NC2=O. The summed E-state index contributed by atoms with van der Waals surface area (Å²) in [4.78, 5) is 27.3. The zero-order valence-electron chi connectivity index (χ0n) is 14.9. The normalized spacial score (nSPS) is 23.8. The molecule has 2 aromatic rings. The van der Waals surface area contributed by atoms with Gasteiger partial charge in [0.25, 0.3) is 5.24 Å². The van der Waals surface area contributed by atoms with Gasteiger partial charge in [0, 0.05) is 17.7 Å². The van der Waals surface area contributed by atoms with Crippen molar-refractivity contribution in [3.05, 3.63) is 52.7 Å². The van der Waals surface area contributed by atoms with Crippen LogP contribution in [0.2, 0.25) is 0 Å². The molecule has 2 atom stereocenters. The molecule has 5 nitrogen and oxygen atoms in total. The molecule has 1 aromatic carbocycles. The maximum absolute atomic E-state index is 12.8. The number of amides is 2.